The van der Waals surface area contributed by atoms with Crippen molar-refractivity contribution >= 4 is 5.97 Å². The zero-order valence-corrected chi connectivity index (χ0v) is 6.03. The van der Waals surface area contributed by atoms with Gasteiger partial charge in [-0.3, -0.25) is 4.79 Å². The number of aromatic nitrogens is 2. The maximum atomic E-state index is 10.2. The molecule has 1 N–H and O–H groups in total. The van der Waals surface area contributed by atoms with Crippen LogP contribution in [0.4, 0.5) is 0 Å². The van der Waals surface area contributed by atoms with Gasteiger partial charge in [-0.05, 0) is 12.5 Å². The Morgan fingerprint density at radius 2 is 2.55 bits per heavy atom. The summed E-state index contributed by atoms with van der Waals surface area (Å²) in [7, 11) is 0. The number of carboxylic acids is 1. The van der Waals surface area contributed by atoms with E-state index < -0.39 is 5.97 Å². The van der Waals surface area contributed by atoms with E-state index in [1.54, 1.807) is 6.92 Å². The number of aryl methyl sites for hydroxylation is 1. The predicted octanol–water partition coefficient (Wildman–Crippen LogP) is 0.212. The van der Waals surface area contributed by atoms with Gasteiger partial charge in [-0.15, -0.1) is 0 Å². The highest BCUT2D eigenvalue weighted by molar-refractivity contribution is 5.69. The summed E-state index contributed by atoms with van der Waals surface area (Å²) in [6, 6.07) is 0. The average Bonchev–Trinajstić information content (AvgIpc) is 1.93. The third kappa shape index (κ3) is 2.00. The summed E-state index contributed by atoms with van der Waals surface area (Å²) < 4.78 is 0. The molecule has 0 saturated heterocycles. The van der Waals surface area contributed by atoms with Gasteiger partial charge in [0.05, 0.1) is 18.3 Å². The first-order valence-electron chi connectivity index (χ1n) is 3.10. The van der Waals surface area contributed by atoms with Crippen LogP contribution in [0.25, 0.3) is 0 Å². The topological polar surface area (TPSA) is 63.1 Å². The lowest BCUT2D eigenvalue weighted by Gasteiger charge is -1.97. The van der Waals surface area contributed by atoms with Crippen LogP contribution < -0.4 is 0 Å². The van der Waals surface area contributed by atoms with Crippen LogP contribution in [-0.2, 0) is 11.2 Å². The predicted molar refractivity (Wildman–Crippen MR) is 36.9 cm³/mol. The monoisotopic (exact) mass is 151 g/mol. The minimum absolute atomic E-state index is 0.0646. The summed E-state index contributed by atoms with van der Waals surface area (Å²) in [5.41, 5.74) is 1.21. The fourth-order valence-electron chi connectivity index (χ4n) is 0.707. The molecular weight excluding hydrogens is 144 g/mol. The minimum atomic E-state index is -0.889. The van der Waals surface area contributed by atoms with Crippen molar-refractivity contribution in [3.63, 3.8) is 0 Å². The van der Waals surface area contributed by atoms with E-state index in [1.165, 1.54) is 6.33 Å². The molecule has 0 spiro atoms. The SMILES string of the molecule is Cc1[c]ncnc1CC(=O)O. The number of hydrogen-bond donors (Lipinski definition) is 1. The van der Waals surface area contributed by atoms with Crippen LogP contribution in [0, 0.1) is 13.1 Å². The van der Waals surface area contributed by atoms with Crippen LogP contribution in [0.2, 0.25) is 0 Å². The van der Waals surface area contributed by atoms with Gasteiger partial charge in [-0.1, -0.05) is 0 Å². The molecule has 0 amide bonds. The molecule has 0 aliphatic rings. The smallest absolute Gasteiger partial charge is 0.309 e. The third-order valence-corrected chi connectivity index (χ3v) is 1.26. The molecule has 0 aromatic carbocycles. The first-order valence-corrected chi connectivity index (χ1v) is 3.10. The van der Waals surface area contributed by atoms with Gasteiger partial charge >= 0.3 is 5.97 Å². The van der Waals surface area contributed by atoms with Gasteiger partial charge in [0.2, 0.25) is 0 Å². The number of hydrogen-bond acceptors (Lipinski definition) is 3. The summed E-state index contributed by atoms with van der Waals surface area (Å²) in [5.74, 6) is -0.889. The van der Waals surface area contributed by atoms with Gasteiger partial charge in [-0.2, -0.15) is 0 Å². The molecule has 4 heteroatoms. The Morgan fingerprint density at radius 1 is 1.82 bits per heavy atom. The van der Waals surface area contributed by atoms with Crippen molar-refractivity contribution in [2.45, 2.75) is 13.3 Å². The second kappa shape index (κ2) is 3.09. The average molecular weight is 151 g/mol. The van der Waals surface area contributed by atoms with Crippen LogP contribution in [-0.4, -0.2) is 21.0 Å². The molecule has 11 heavy (non-hydrogen) atoms. The Bertz CT molecular complexity index is 273. The highest BCUT2D eigenvalue weighted by Crippen LogP contribution is 2.00. The van der Waals surface area contributed by atoms with Gasteiger partial charge in [-0.25, -0.2) is 9.97 Å². The Hall–Kier alpha value is -1.45. The maximum absolute atomic E-state index is 10.2. The molecule has 1 aromatic rings. The van der Waals surface area contributed by atoms with Gasteiger partial charge in [0, 0.05) is 0 Å². The van der Waals surface area contributed by atoms with Crippen molar-refractivity contribution in [2.75, 3.05) is 0 Å². The molecule has 1 heterocycles. The summed E-state index contributed by atoms with van der Waals surface area (Å²) in [4.78, 5) is 17.7. The van der Waals surface area contributed by atoms with E-state index in [0.29, 0.717) is 11.3 Å². The fraction of sp³-hybridized carbons (Fsp3) is 0.286. The molecule has 0 bridgehead atoms. The molecule has 1 radical (unpaired) electrons. The standard InChI is InChI=1S/C7H7N2O2/c1-5-3-8-4-9-6(5)2-7(10)11/h4H,2H2,1H3,(H,10,11). The quantitative estimate of drug-likeness (QED) is 0.656. The van der Waals surface area contributed by atoms with E-state index >= 15 is 0 Å². The highest BCUT2D eigenvalue weighted by atomic mass is 16.4. The van der Waals surface area contributed by atoms with E-state index in [0.717, 1.165) is 0 Å². The van der Waals surface area contributed by atoms with E-state index in [2.05, 4.69) is 16.2 Å². The fourth-order valence-corrected chi connectivity index (χ4v) is 0.707. The van der Waals surface area contributed by atoms with E-state index in [1.807, 2.05) is 0 Å². The van der Waals surface area contributed by atoms with Crippen LogP contribution >= 0.6 is 0 Å². The van der Waals surface area contributed by atoms with E-state index in [4.69, 9.17) is 5.11 Å². The van der Waals surface area contributed by atoms with Crippen LogP contribution in [0.1, 0.15) is 11.3 Å². The molecule has 0 unspecified atom stereocenters. The van der Waals surface area contributed by atoms with Crippen molar-refractivity contribution in [2.24, 2.45) is 0 Å². The zero-order chi connectivity index (χ0) is 8.27. The lowest BCUT2D eigenvalue weighted by Crippen LogP contribution is -2.04. The summed E-state index contributed by atoms with van der Waals surface area (Å²) in [6.45, 7) is 1.73. The van der Waals surface area contributed by atoms with E-state index in [-0.39, 0.29) is 6.42 Å². The van der Waals surface area contributed by atoms with Crippen molar-refractivity contribution in [3.8, 4) is 0 Å². The Kier molecular flexibility index (Phi) is 2.15. The number of rotatable bonds is 2. The van der Waals surface area contributed by atoms with Crippen LogP contribution in [0.5, 0.6) is 0 Å². The Balaban J connectivity index is 2.86. The lowest BCUT2D eigenvalue weighted by atomic mass is 10.2. The van der Waals surface area contributed by atoms with E-state index in [9.17, 15) is 4.79 Å². The molecule has 0 saturated carbocycles. The number of aliphatic carboxylic acids is 1. The van der Waals surface area contributed by atoms with Crippen molar-refractivity contribution in [1.82, 2.24) is 9.97 Å². The normalized spacial score (nSPS) is 9.55. The first-order chi connectivity index (χ1) is 5.20. The molecule has 0 aliphatic carbocycles. The molecule has 4 nitrogen and oxygen atoms in total. The number of nitrogens with zero attached hydrogens (tertiary/aromatic N) is 2. The van der Waals surface area contributed by atoms with Crippen molar-refractivity contribution in [1.29, 1.82) is 0 Å². The van der Waals surface area contributed by atoms with Gasteiger partial charge in [0.25, 0.3) is 0 Å². The third-order valence-electron chi connectivity index (χ3n) is 1.26. The van der Waals surface area contributed by atoms with Crippen LogP contribution in [0.3, 0.4) is 0 Å². The summed E-state index contributed by atoms with van der Waals surface area (Å²) >= 11 is 0. The van der Waals surface area contributed by atoms with Gasteiger partial charge in [0.15, 0.2) is 0 Å². The van der Waals surface area contributed by atoms with Gasteiger partial charge in [0.1, 0.15) is 6.33 Å². The van der Waals surface area contributed by atoms with Crippen molar-refractivity contribution < 1.29 is 9.90 Å². The largest absolute Gasteiger partial charge is 0.481 e. The molecule has 57 valence electrons. The first kappa shape index (κ1) is 7.65. The van der Waals surface area contributed by atoms with Crippen molar-refractivity contribution in [3.05, 3.63) is 23.8 Å². The molecule has 1 rings (SSSR count). The number of carboxylic acid groups (broad SMARTS) is 1. The summed E-state index contributed by atoms with van der Waals surface area (Å²) in [6.07, 6.45) is 3.86. The molecule has 0 atom stereocenters. The molecule has 0 fully saturated rings. The summed E-state index contributed by atoms with van der Waals surface area (Å²) in [5, 5.41) is 8.42. The number of carbonyl (C=O) groups is 1. The molecular formula is C7H7N2O2. The second-order valence-electron chi connectivity index (χ2n) is 2.13. The molecule has 0 aliphatic heterocycles. The highest BCUT2D eigenvalue weighted by Gasteiger charge is 2.04. The molecule has 1 aromatic heterocycles. The van der Waals surface area contributed by atoms with Gasteiger partial charge < -0.3 is 5.11 Å². The minimum Gasteiger partial charge on any atom is -0.481 e. The van der Waals surface area contributed by atoms with Crippen LogP contribution in [0.15, 0.2) is 6.33 Å². The maximum Gasteiger partial charge on any atom is 0.309 e. The lowest BCUT2D eigenvalue weighted by molar-refractivity contribution is -0.136. The Labute approximate surface area is 63.9 Å². The zero-order valence-electron chi connectivity index (χ0n) is 6.03. The Morgan fingerprint density at radius 3 is 3.09 bits per heavy atom. The second-order valence-corrected chi connectivity index (χ2v) is 2.13.